The van der Waals surface area contributed by atoms with Crippen molar-refractivity contribution in [2.24, 2.45) is 7.05 Å². The number of nitrogens with one attached hydrogen (secondary N) is 2. The first-order chi connectivity index (χ1) is 14.7. The number of nitrogens with zero attached hydrogens (tertiary/aromatic N) is 2. The van der Waals surface area contributed by atoms with Gasteiger partial charge < -0.3 is 10.4 Å². The molecule has 3 aromatic rings. The van der Waals surface area contributed by atoms with Crippen LogP contribution in [-0.2, 0) is 21.9 Å². The van der Waals surface area contributed by atoms with Crippen LogP contribution in [0.2, 0.25) is 0 Å². The van der Waals surface area contributed by atoms with Crippen LogP contribution in [0, 0.1) is 13.8 Å². The van der Waals surface area contributed by atoms with Crippen molar-refractivity contribution in [2.45, 2.75) is 24.8 Å². The van der Waals surface area contributed by atoms with Crippen LogP contribution in [0.15, 0.2) is 64.3 Å². The molecule has 1 unspecified atom stereocenters. The molecular weight excluding hydrogens is 420 g/mol. The third-order valence-electron chi connectivity index (χ3n) is 4.93. The summed E-state index contributed by atoms with van der Waals surface area (Å²) in [6, 6.07) is 13.5. The molecule has 31 heavy (non-hydrogen) atoms. The first-order valence-electron chi connectivity index (χ1n) is 9.50. The summed E-state index contributed by atoms with van der Waals surface area (Å²) in [4.78, 5) is 25.6. The molecule has 0 aliphatic carbocycles. The fraction of sp³-hybridized carbons (Fsp3) is 0.238. The van der Waals surface area contributed by atoms with E-state index in [0.717, 1.165) is 5.56 Å². The largest absolute Gasteiger partial charge is 0.394 e. The van der Waals surface area contributed by atoms with E-state index in [1.165, 1.54) is 16.8 Å². The van der Waals surface area contributed by atoms with Crippen LogP contribution >= 0.6 is 0 Å². The van der Waals surface area contributed by atoms with E-state index in [4.69, 9.17) is 0 Å². The van der Waals surface area contributed by atoms with E-state index in [9.17, 15) is 23.1 Å². The van der Waals surface area contributed by atoms with Gasteiger partial charge in [-0.05, 0) is 38.1 Å². The molecule has 3 N–H and O–H groups in total. The highest BCUT2D eigenvalue weighted by atomic mass is 32.2. The first kappa shape index (κ1) is 22.5. The lowest BCUT2D eigenvalue weighted by atomic mass is 10.2. The van der Waals surface area contributed by atoms with Gasteiger partial charge in [0.15, 0.2) is 0 Å². The summed E-state index contributed by atoms with van der Waals surface area (Å²) in [5.41, 5.74) is 1.49. The highest BCUT2D eigenvalue weighted by Gasteiger charge is 2.27. The number of benzene rings is 2. The summed E-state index contributed by atoms with van der Waals surface area (Å²) in [5.74, 6) is -0.843. The SMILES string of the molecule is Cc1ccc(S(=O)(=O)NC(CO)C(=O)Nc2c(C)n(C)n(-c3ccccc3)c2=O)cc1. The predicted octanol–water partition coefficient (Wildman–Crippen LogP) is 1.07. The second-order valence-corrected chi connectivity index (χ2v) is 8.81. The molecule has 0 bridgehead atoms. The van der Waals surface area contributed by atoms with Gasteiger partial charge in [-0.2, -0.15) is 4.72 Å². The lowest BCUT2D eigenvalue weighted by Gasteiger charge is -2.16. The fourth-order valence-electron chi connectivity index (χ4n) is 3.07. The van der Waals surface area contributed by atoms with Crippen LogP contribution in [-0.4, -0.2) is 41.4 Å². The van der Waals surface area contributed by atoms with Crippen LogP contribution in [0.25, 0.3) is 5.69 Å². The van der Waals surface area contributed by atoms with E-state index in [2.05, 4.69) is 10.0 Å². The van der Waals surface area contributed by atoms with Crippen LogP contribution in [0.5, 0.6) is 0 Å². The third kappa shape index (κ3) is 4.61. The molecule has 0 saturated heterocycles. The molecule has 1 heterocycles. The summed E-state index contributed by atoms with van der Waals surface area (Å²) in [5, 5.41) is 12.1. The van der Waals surface area contributed by atoms with Crippen molar-refractivity contribution in [1.82, 2.24) is 14.1 Å². The van der Waals surface area contributed by atoms with Gasteiger partial charge >= 0.3 is 0 Å². The highest BCUT2D eigenvalue weighted by Crippen LogP contribution is 2.15. The Morgan fingerprint density at radius 2 is 1.68 bits per heavy atom. The van der Waals surface area contributed by atoms with Gasteiger partial charge in [-0.15, -0.1) is 0 Å². The Hall–Kier alpha value is -3.21. The number of hydrogen-bond donors (Lipinski definition) is 3. The summed E-state index contributed by atoms with van der Waals surface area (Å²) < 4.78 is 30.3. The standard InChI is InChI=1S/C21H24N4O5S/c1-14-9-11-17(12-10-14)31(29,30)23-18(13-26)20(27)22-19-15(2)24(3)25(21(19)28)16-7-5-4-6-8-16/h4-12,18,23,26H,13H2,1-3H3,(H,22,27). The number of aliphatic hydroxyl groups is 1. The molecule has 164 valence electrons. The summed E-state index contributed by atoms with van der Waals surface area (Å²) in [7, 11) is -2.38. The molecule has 0 radical (unpaired) electrons. The Labute approximate surface area is 180 Å². The molecule has 1 atom stereocenters. The van der Waals surface area contributed by atoms with Crippen LogP contribution in [0.3, 0.4) is 0 Å². The van der Waals surface area contributed by atoms with Crippen molar-refractivity contribution in [3.8, 4) is 5.69 Å². The molecule has 0 aliphatic heterocycles. The van der Waals surface area contributed by atoms with Crippen molar-refractivity contribution in [1.29, 1.82) is 0 Å². The Morgan fingerprint density at radius 1 is 1.06 bits per heavy atom. The molecular formula is C21H24N4O5S. The summed E-state index contributed by atoms with van der Waals surface area (Å²) in [6.45, 7) is 2.69. The van der Waals surface area contributed by atoms with Gasteiger partial charge in [-0.3, -0.25) is 14.3 Å². The molecule has 0 spiro atoms. The van der Waals surface area contributed by atoms with Crippen LogP contribution < -0.4 is 15.6 Å². The average molecular weight is 445 g/mol. The van der Waals surface area contributed by atoms with Gasteiger partial charge in [0.05, 0.1) is 22.9 Å². The Balaban J connectivity index is 1.86. The number of anilines is 1. The Bertz CT molecular complexity index is 1250. The molecule has 3 rings (SSSR count). The van der Waals surface area contributed by atoms with Crippen LogP contribution in [0.1, 0.15) is 11.3 Å². The minimum atomic E-state index is -4.05. The molecule has 0 fully saturated rings. The van der Waals surface area contributed by atoms with E-state index >= 15 is 0 Å². The number of sulfonamides is 1. The smallest absolute Gasteiger partial charge is 0.295 e. The topological polar surface area (TPSA) is 122 Å². The summed E-state index contributed by atoms with van der Waals surface area (Å²) in [6.07, 6.45) is 0. The number of carbonyl (C=O) groups is 1. The molecule has 0 aliphatic rings. The minimum absolute atomic E-state index is 0.00402. The average Bonchev–Trinajstić information content (AvgIpc) is 2.96. The number of amides is 1. The zero-order valence-electron chi connectivity index (χ0n) is 17.4. The van der Waals surface area contributed by atoms with Gasteiger partial charge in [-0.1, -0.05) is 35.9 Å². The molecule has 1 aromatic heterocycles. The minimum Gasteiger partial charge on any atom is -0.394 e. The molecule has 0 saturated carbocycles. The monoisotopic (exact) mass is 444 g/mol. The maximum atomic E-state index is 12.9. The van der Waals surface area contributed by atoms with Crippen molar-refractivity contribution in [3.05, 3.63) is 76.2 Å². The second-order valence-electron chi connectivity index (χ2n) is 7.10. The zero-order chi connectivity index (χ0) is 22.8. The van der Waals surface area contributed by atoms with E-state index in [0.29, 0.717) is 11.4 Å². The Kier molecular flexibility index (Phi) is 6.44. The zero-order valence-corrected chi connectivity index (χ0v) is 18.2. The number of aliphatic hydroxyl groups excluding tert-OH is 1. The maximum Gasteiger partial charge on any atom is 0.295 e. The fourth-order valence-corrected chi connectivity index (χ4v) is 4.26. The third-order valence-corrected chi connectivity index (χ3v) is 6.42. The van der Waals surface area contributed by atoms with Crippen molar-refractivity contribution in [3.63, 3.8) is 0 Å². The normalized spacial score (nSPS) is 12.5. The Morgan fingerprint density at radius 3 is 2.26 bits per heavy atom. The molecule has 10 heteroatoms. The van der Waals surface area contributed by atoms with Gasteiger partial charge in [0.1, 0.15) is 11.7 Å². The maximum absolute atomic E-state index is 12.9. The van der Waals surface area contributed by atoms with Gasteiger partial charge in [-0.25, -0.2) is 13.1 Å². The van der Waals surface area contributed by atoms with Gasteiger partial charge in [0.2, 0.25) is 15.9 Å². The lowest BCUT2D eigenvalue weighted by Crippen LogP contribution is -2.46. The first-order valence-corrected chi connectivity index (χ1v) is 11.0. The molecule has 1 amide bonds. The molecule has 2 aromatic carbocycles. The van der Waals surface area contributed by atoms with E-state index in [-0.39, 0.29) is 10.6 Å². The number of aromatic nitrogens is 2. The number of para-hydroxylation sites is 1. The van der Waals surface area contributed by atoms with Crippen LogP contribution in [0.4, 0.5) is 5.69 Å². The number of rotatable bonds is 7. The lowest BCUT2D eigenvalue weighted by molar-refractivity contribution is -0.118. The summed E-state index contributed by atoms with van der Waals surface area (Å²) >= 11 is 0. The molecule has 9 nitrogen and oxygen atoms in total. The van der Waals surface area contributed by atoms with E-state index in [1.54, 1.807) is 55.1 Å². The van der Waals surface area contributed by atoms with Gasteiger partial charge in [0, 0.05) is 7.05 Å². The number of aryl methyl sites for hydroxylation is 1. The number of carbonyl (C=O) groups excluding carboxylic acids is 1. The predicted molar refractivity (Wildman–Crippen MR) is 117 cm³/mol. The van der Waals surface area contributed by atoms with Gasteiger partial charge in [0.25, 0.3) is 5.56 Å². The quantitative estimate of drug-likeness (QED) is 0.503. The van der Waals surface area contributed by atoms with Crippen molar-refractivity contribution < 1.29 is 18.3 Å². The van der Waals surface area contributed by atoms with E-state index in [1.807, 2.05) is 13.0 Å². The number of hydrogen-bond acceptors (Lipinski definition) is 5. The second kappa shape index (κ2) is 8.88. The van der Waals surface area contributed by atoms with Crippen molar-refractivity contribution >= 4 is 21.6 Å². The van der Waals surface area contributed by atoms with E-state index < -0.39 is 34.1 Å². The highest BCUT2D eigenvalue weighted by molar-refractivity contribution is 7.89. The van der Waals surface area contributed by atoms with Crippen molar-refractivity contribution in [2.75, 3.05) is 11.9 Å².